The predicted octanol–water partition coefficient (Wildman–Crippen LogP) is 3.30. The van der Waals surface area contributed by atoms with Gasteiger partial charge in [-0.1, -0.05) is 6.92 Å². The highest BCUT2D eigenvalue weighted by Gasteiger charge is 2.46. The van der Waals surface area contributed by atoms with Crippen molar-refractivity contribution in [2.45, 2.75) is 56.8 Å². The minimum Gasteiger partial charge on any atom is -0.367 e. The fourth-order valence-electron chi connectivity index (χ4n) is 4.40. The van der Waals surface area contributed by atoms with Gasteiger partial charge in [0.1, 0.15) is 5.82 Å². The number of carbonyl (C=O) groups is 1. The van der Waals surface area contributed by atoms with Crippen molar-refractivity contribution in [3.63, 3.8) is 0 Å². The first kappa shape index (κ1) is 21.5. The average molecular weight is 437 g/mol. The van der Waals surface area contributed by atoms with E-state index >= 15 is 0 Å². The Hall–Kier alpha value is -2.78. The van der Waals surface area contributed by atoms with E-state index in [0.717, 1.165) is 17.5 Å². The van der Waals surface area contributed by atoms with Crippen molar-refractivity contribution >= 4 is 11.7 Å². The van der Waals surface area contributed by atoms with Crippen LogP contribution in [0.5, 0.6) is 0 Å². The zero-order valence-corrected chi connectivity index (χ0v) is 17.5. The van der Waals surface area contributed by atoms with Crippen LogP contribution in [0.2, 0.25) is 0 Å². The number of piperidine rings is 1. The Bertz CT molecular complexity index is 1030. The van der Waals surface area contributed by atoms with Crippen LogP contribution in [-0.4, -0.2) is 50.5 Å². The normalized spacial score (nSPS) is 23.9. The van der Waals surface area contributed by atoms with Gasteiger partial charge in [0.05, 0.1) is 5.69 Å². The second-order valence-electron chi connectivity index (χ2n) is 8.40. The fraction of sp³-hybridized carbons (Fsp3) is 0.571. The zero-order chi connectivity index (χ0) is 22.3. The molecule has 1 saturated heterocycles. The molecule has 31 heavy (non-hydrogen) atoms. The SMILES string of the molecule is CC[C@@H]1C[C@H](C(F)(F)F)n2nc(C3CCCN(C(=O)c4ccn(C)c(=O)c4)C3)cc2N1. The van der Waals surface area contributed by atoms with Gasteiger partial charge in [-0.05, 0) is 31.7 Å². The van der Waals surface area contributed by atoms with Gasteiger partial charge in [-0.3, -0.25) is 9.59 Å². The number of amides is 1. The highest BCUT2D eigenvalue weighted by molar-refractivity contribution is 5.94. The topological polar surface area (TPSA) is 72.2 Å². The Morgan fingerprint density at radius 2 is 2.10 bits per heavy atom. The van der Waals surface area contributed by atoms with Crippen LogP contribution in [-0.2, 0) is 7.05 Å². The number of anilines is 1. The molecule has 168 valence electrons. The summed E-state index contributed by atoms with van der Waals surface area (Å²) in [5.41, 5.74) is 0.614. The molecular weight excluding hydrogens is 411 g/mol. The maximum absolute atomic E-state index is 13.6. The molecule has 0 bridgehead atoms. The van der Waals surface area contributed by atoms with Gasteiger partial charge in [-0.25, -0.2) is 4.68 Å². The van der Waals surface area contributed by atoms with E-state index in [0.29, 0.717) is 36.6 Å². The molecule has 1 N–H and O–H groups in total. The van der Waals surface area contributed by atoms with Crippen molar-refractivity contribution < 1.29 is 18.0 Å². The molecule has 1 fully saturated rings. The first-order chi connectivity index (χ1) is 14.7. The molecule has 1 unspecified atom stereocenters. The third-order valence-electron chi connectivity index (χ3n) is 6.26. The van der Waals surface area contributed by atoms with Crippen molar-refractivity contribution in [3.05, 3.63) is 46.0 Å². The lowest BCUT2D eigenvalue weighted by Gasteiger charge is -2.33. The molecule has 1 amide bonds. The third-order valence-corrected chi connectivity index (χ3v) is 6.26. The molecule has 4 rings (SSSR count). The van der Waals surface area contributed by atoms with E-state index in [4.69, 9.17) is 0 Å². The molecule has 2 aromatic rings. The van der Waals surface area contributed by atoms with Crippen LogP contribution in [0.25, 0.3) is 0 Å². The number of fused-ring (bicyclic) bond motifs is 1. The molecule has 0 aromatic carbocycles. The number of alkyl halides is 3. The Labute approximate surface area is 177 Å². The van der Waals surface area contributed by atoms with Gasteiger partial charge < -0.3 is 14.8 Å². The van der Waals surface area contributed by atoms with Crippen LogP contribution in [0.3, 0.4) is 0 Å². The number of hydrogen-bond acceptors (Lipinski definition) is 4. The van der Waals surface area contributed by atoms with Crippen LogP contribution < -0.4 is 10.9 Å². The molecule has 2 aromatic heterocycles. The maximum Gasteiger partial charge on any atom is 0.410 e. The van der Waals surface area contributed by atoms with E-state index in [-0.39, 0.29) is 29.8 Å². The summed E-state index contributed by atoms with van der Waals surface area (Å²) >= 11 is 0. The number of aryl methyl sites for hydroxylation is 1. The van der Waals surface area contributed by atoms with Crippen molar-refractivity contribution in [1.29, 1.82) is 0 Å². The van der Waals surface area contributed by atoms with Gasteiger partial charge in [0.15, 0.2) is 6.04 Å². The van der Waals surface area contributed by atoms with E-state index < -0.39 is 12.2 Å². The second kappa shape index (κ2) is 8.05. The van der Waals surface area contributed by atoms with Crippen molar-refractivity contribution in [2.75, 3.05) is 18.4 Å². The lowest BCUT2D eigenvalue weighted by atomic mass is 9.94. The number of halogens is 3. The van der Waals surface area contributed by atoms with Crippen LogP contribution in [0.4, 0.5) is 19.0 Å². The van der Waals surface area contributed by atoms with Gasteiger partial charge in [0.25, 0.3) is 11.5 Å². The fourth-order valence-corrected chi connectivity index (χ4v) is 4.40. The average Bonchev–Trinajstić information content (AvgIpc) is 3.18. The number of nitrogens with zero attached hydrogens (tertiary/aromatic N) is 4. The van der Waals surface area contributed by atoms with Crippen molar-refractivity contribution in [1.82, 2.24) is 19.2 Å². The van der Waals surface area contributed by atoms with Crippen LogP contribution in [0.1, 0.15) is 60.6 Å². The highest BCUT2D eigenvalue weighted by Crippen LogP contribution is 2.41. The predicted molar refractivity (Wildman–Crippen MR) is 109 cm³/mol. The molecule has 0 aliphatic carbocycles. The monoisotopic (exact) mass is 437 g/mol. The van der Waals surface area contributed by atoms with E-state index in [1.165, 1.54) is 10.6 Å². The van der Waals surface area contributed by atoms with Crippen molar-refractivity contribution in [2.24, 2.45) is 7.05 Å². The van der Waals surface area contributed by atoms with Crippen molar-refractivity contribution in [3.8, 4) is 0 Å². The van der Waals surface area contributed by atoms with E-state index in [1.807, 2.05) is 6.92 Å². The van der Waals surface area contributed by atoms with Gasteiger partial charge in [0, 0.05) is 56.0 Å². The molecule has 0 spiro atoms. The maximum atomic E-state index is 13.6. The highest BCUT2D eigenvalue weighted by atomic mass is 19.4. The lowest BCUT2D eigenvalue weighted by Crippen LogP contribution is -2.40. The molecule has 2 aliphatic rings. The van der Waals surface area contributed by atoms with E-state index in [9.17, 15) is 22.8 Å². The molecule has 4 heterocycles. The van der Waals surface area contributed by atoms with Gasteiger partial charge in [0.2, 0.25) is 0 Å². The Morgan fingerprint density at radius 1 is 1.32 bits per heavy atom. The molecule has 0 radical (unpaired) electrons. The largest absolute Gasteiger partial charge is 0.410 e. The third kappa shape index (κ3) is 4.20. The molecule has 0 saturated carbocycles. The van der Waals surface area contributed by atoms with Gasteiger partial charge in [-0.15, -0.1) is 0 Å². The quantitative estimate of drug-likeness (QED) is 0.800. The molecule has 7 nitrogen and oxygen atoms in total. The van der Waals surface area contributed by atoms with E-state index in [2.05, 4.69) is 10.4 Å². The molecule has 10 heteroatoms. The summed E-state index contributed by atoms with van der Waals surface area (Å²) in [5, 5.41) is 7.49. The minimum atomic E-state index is -4.37. The Morgan fingerprint density at radius 3 is 2.77 bits per heavy atom. The number of carbonyl (C=O) groups excluding carboxylic acids is 1. The standard InChI is InChI=1S/C21H26F3N5O2/c1-3-15-10-17(21(22,23)24)29-18(25-15)11-16(26-29)14-5-4-7-28(12-14)20(31)13-6-8-27(2)19(30)9-13/h6,8-9,11,14-15,17,25H,3-5,7,10,12H2,1-2H3/t14?,15-,17-/m1/s1. The zero-order valence-electron chi connectivity index (χ0n) is 17.5. The summed E-state index contributed by atoms with van der Waals surface area (Å²) in [7, 11) is 1.61. The number of nitrogens with one attached hydrogen (secondary N) is 1. The smallest absolute Gasteiger partial charge is 0.367 e. The molecule has 3 atom stereocenters. The summed E-state index contributed by atoms with van der Waals surface area (Å²) in [5.74, 6) is -0.0211. The number of pyridine rings is 1. The van der Waals surface area contributed by atoms with Crippen LogP contribution >= 0.6 is 0 Å². The summed E-state index contributed by atoms with van der Waals surface area (Å²) in [6.07, 6.45) is -0.821. The summed E-state index contributed by atoms with van der Waals surface area (Å²) < 4.78 is 43.3. The first-order valence-corrected chi connectivity index (χ1v) is 10.6. The Balaban J connectivity index is 1.56. The van der Waals surface area contributed by atoms with Gasteiger partial charge in [-0.2, -0.15) is 18.3 Å². The van der Waals surface area contributed by atoms with Crippen LogP contribution in [0.15, 0.2) is 29.2 Å². The number of rotatable bonds is 3. The molecular formula is C21H26F3N5O2. The van der Waals surface area contributed by atoms with Crippen LogP contribution in [0, 0.1) is 0 Å². The van der Waals surface area contributed by atoms with Gasteiger partial charge >= 0.3 is 6.18 Å². The number of hydrogen-bond donors (Lipinski definition) is 1. The molecule has 2 aliphatic heterocycles. The summed E-state index contributed by atoms with van der Waals surface area (Å²) in [6, 6.07) is 2.70. The van der Waals surface area contributed by atoms with E-state index in [1.54, 1.807) is 30.3 Å². The first-order valence-electron chi connectivity index (χ1n) is 10.6. The summed E-state index contributed by atoms with van der Waals surface area (Å²) in [4.78, 5) is 26.4. The number of likely N-dealkylation sites (tertiary alicyclic amines) is 1. The minimum absolute atomic E-state index is 0.0492. The lowest BCUT2D eigenvalue weighted by molar-refractivity contribution is -0.173. The number of aromatic nitrogens is 3. The summed E-state index contributed by atoms with van der Waals surface area (Å²) in [6.45, 7) is 2.76. The Kier molecular flexibility index (Phi) is 5.57. The second-order valence-corrected chi connectivity index (χ2v) is 8.40.